The highest BCUT2D eigenvalue weighted by atomic mass is 16.2. The molecule has 1 rings (SSSR count). The van der Waals surface area contributed by atoms with Crippen molar-refractivity contribution in [3.05, 3.63) is 12.7 Å². The van der Waals surface area contributed by atoms with Crippen LogP contribution in [-0.2, 0) is 19.2 Å². The molecule has 2 atom stereocenters. The van der Waals surface area contributed by atoms with Crippen molar-refractivity contribution in [2.75, 3.05) is 13.6 Å². The molecule has 0 aromatic carbocycles. The fourth-order valence-corrected chi connectivity index (χ4v) is 4.34. The molecule has 3 N–H and O–H groups in total. The van der Waals surface area contributed by atoms with Gasteiger partial charge in [0.05, 0.1) is 6.04 Å². The van der Waals surface area contributed by atoms with Gasteiger partial charge in [-0.05, 0) is 58.3 Å². The summed E-state index contributed by atoms with van der Waals surface area (Å²) in [5.41, 5.74) is 0. The second-order valence-electron chi connectivity index (χ2n) is 9.77. The molecule has 4 amide bonds. The largest absolute Gasteiger partial charge is 0.346 e. The lowest BCUT2D eigenvalue weighted by molar-refractivity contribution is -0.137. The number of nitrogens with one attached hydrogen (secondary N) is 3. The van der Waals surface area contributed by atoms with E-state index in [-0.39, 0.29) is 36.2 Å². The molecule has 0 spiro atoms. The maximum Gasteiger partial charge on any atom is 0.315 e. The third-order valence-corrected chi connectivity index (χ3v) is 6.28. The Kier molecular flexibility index (Phi) is 13.9. The average Bonchev–Trinajstić information content (AvgIpc) is 2.81. The summed E-state index contributed by atoms with van der Waals surface area (Å²) < 4.78 is 0. The zero-order valence-electron chi connectivity index (χ0n) is 21.9. The number of amides is 4. The monoisotopic (exact) mass is 492 g/mol. The number of rotatable bonds is 15. The molecule has 0 radical (unpaired) electrons. The predicted molar refractivity (Wildman–Crippen MR) is 136 cm³/mol. The first-order valence-corrected chi connectivity index (χ1v) is 12.8. The maximum absolute atomic E-state index is 13.2. The predicted octanol–water partition coefficient (Wildman–Crippen LogP) is 2.88. The molecular formula is C26H44N4O5. The first-order chi connectivity index (χ1) is 16.6. The van der Waals surface area contributed by atoms with Gasteiger partial charge < -0.3 is 20.9 Å². The molecular weight excluding hydrogens is 448 g/mol. The van der Waals surface area contributed by atoms with E-state index in [1.807, 2.05) is 13.8 Å². The van der Waals surface area contributed by atoms with Crippen LogP contribution >= 0.6 is 0 Å². The summed E-state index contributed by atoms with van der Waals surface area (Å²) in [6, 6.07) is -1.75. The van der Waals surface area contributed by atoms with Crippen LogP contribution in [0, 0.1) is 5.92 Å². The van der Waals surface area contributed by atoms with Crippen molar-refractivity contribution >= 4 is 29.4 Å². The van der Waals surface area contributed by atoms with E-state index < -0.39 is 23.7 Å². The van der Waals surface area contributed by atoms with Gasteiger partial charge in [-0.2, -0.15) is 0 Å². The van der Waals surface area contributed by atoms with Crippen molar-refractivity contribution in [3.63, 3.8) is 0 Å². The van der Waals surface area contributed by atoms with Crippen LogP contribution < -0.4 is 16.0 Å². The van der Waals surface area contributed by atoms with Crippen LogP contribution in [0.5, 0.6) is 0 Å². The molecule has 198 valence electrons. The molecule has 0 heterocycles. The standard InChI is InChI=1S/C26H44N4O5/c1-6-7-15-21(24(33)19(4)31)28-22(32)16-11-12-17-30(5)25(34)23(20-13-9-8-10-14-20)29-26(35)27-18(2)3/h6,18,20-21,23H,1,7-17H2,2-5H3,(H,28,32)(H2,27,29,35). The Balaban J connectivity index is 2.57. The number of likely N-dealkylation sites (N-methyl/N-ethyl adjacent to an activating group) is 1. The van der Waals surface area contributed by atoms with Gasteiger partial charge in [0, 0.05) is 33.0 Å². The zero-order valence-corrected chi connectivity index (χ0v) is 21.9. The summed E-state index contributed by atoms with van der Waals surface area (Å²) in [7, 11) is 1.72. The fourth-order valence-electron chi connectivity index (χ4n) is 4.34. The molecule has 1 fully saturated rings. The molecule has 9 heteroatoms. The smallest absolute Gasteiger partial charge is 0.315 e. The number of hydrogen-bond donors (Lipinski definition) is 3. The van der Waals surface area contributed by atoms with Gasteiger partial charge in [0.2, 0.25) is 17.6 Å². The minimum absolute atomic E-state index is 0.0249. The Bertz CT molecular complexity index is 746. The maximum atomic E-state index is 13.2. The zero-order chi connectivity index (χ0) is 26.4. The van der Waals surface area contributed by atoms with Crippen LogP contribution in [0.3, 0.4) is 0 Å². The number of unbranched alkanes of at least 4 members (excludes halogenated alkanes) is 1. The Morgan fingerprint density at radius 3 is 2.23 bits per heavy atom. The summed E-state index contributed by atoms with van der Waals surface area (Å²) >= 11 is 0. The molecule has 0 bridgehead atoms. The number of urea groups is 1. The van der Waals surface area contributed by atoms with E-state index in [4.69, 9.17) is 0 Å². The van der Waals surface area contributed by atoms with Gasteiger partial charge in [0.1, 0.15) is 6.04 Å². The number of nitrogens with zero attached hydrogens (tertiary/aromatic N) is 1. The SMILES string of the molecule is C=CCCC(NC(=O)CCCCN(C)C(=O)C(NC(=O)NC(C)C)C1CCCCC1)C(=O)C(C)=O. The summed E-state index contributed by atoms with van der Waals surface area (Å²) in [6.45, 7) is 9.01. The fraction of sp³-hybridized carbons (Fsp3) is 0.731. The van der Waals surface area contributed by atoms with Gasteiger partial charge in [-0.15, -0.1) is 6.58 Å². The molecule has 0 saturated heterocycles. The highest BCUT2D eigenvalue weighted by Gasteiger charge is 2.33. The molecule has 0 aromatic heterocycles. The van der Waals surface area contributed by atoms with E-state index in [2.05, 4.69) is 22.5 Å². The second-order valence-corrected chi connectivity index (χ2v) is 9.77. The highest BCUT2D eigenvalue weighted by Crippen LogP contribution is 2.27. The molecule has 1 aliphatic rings. The van der Waals surface area contributed by atoms with E-state index in [9.17, 15) is 24.0 Å². The Morgan fingerprint density at radius 1 is 1.00 bits per heavy atom. The van der Waals surface area contributed by atoms with Gasteiger partial charge in [-0.1, -0.05) is 25.3 Å². The lowest BCUT2D eigenvalue weighted by atomic mass is 9.83. The molecule has 1 aliphatic carbocycles. The van der Waals surface area contributed by atoms with E-state index in [1.54, 1.807) is 18.0 Å². The van der Waals surface area contributed by atoms with Crippen LogP contribution in [0.1, 0.15) is 85.0 Å². The van der Waals surface area contributed by atoms with Crippen LogP contribution in [0.2, 0.25) is 0 Å². The van der Waals surface area contributed by atoms with Crippen molar-refractivity contribution in [1.82, 2.24) is 20.9 Å². The van der Waals surface area contributed by atoms with Gasteiger partial charge >= 0.3 is 6.03 Å². The van der Waals surface area contributed by atoms with Crippen molar-refractivity contribution < 1.29 is 24.0 Å². The normalized spacial score (nSPS) is 15.6. The van der Waals surface area contributed by atoms with E-state index >= 15 is 0 Å². The van der Waals surface area contributed by atoms with Gasteiger partial charge in [-0.25, -0.2) is 4.79 Å². The van der Waals surface area contributed by atoms with Crippen LogP contribution in [0.25, 0.3) is 0 Å². The molecule has 2 unspecified atom stereocenters. The number of hydrogen-bond acceptors (Lipinski definition) is 5. The Labute approximate surface area is 209 Å². The summed E-state index contributed by atoms with van der Waals surface area (Å²) in [6.07, 6.45) is 8.91. The van der Waals surface area contributed by atoms with E-state index in [0.29, 0.717) is 32.2 Å². The van der Waals surface area contributed by atoms with Gasteiger partial charge in [-0.3, -0.25) is 19.2 Å². The first-order valence-electron chi connectivity index (χ1n) is 12.8. The average molecular weight is 493 g/mol. The number of ketones is 2. The van der Waals surface area contributed by atoms with Crippen molar-refractivity contribution in [2.45, 2.75) is 103 Å². The first kappa shape index (κ1) is 30.3. The lowest BCUT2D eigenvalue weighted by Gasteiger charge is -2.33. The van der Waals surface area contributed by atoms with Gasteiger partial charge in [0.25, 0.3) is 0 Å². The van der Waals surface area contributed by atoms with Crippen LogP contribution in [-0.4, -0.2) is 66.0 Å². The molecule has 9 nitrogen and oxygen atoms in total. The number of Topliss-reactive ketones (excluding diaryl/α,β-unsaturated/α-hetero) is 2. The van der Waals surface area contributed by atoms with Crippen molar-refractivity contribution in [3.8, 4) is 0 Å². The number of carbonyl (C=O) groups is 5. The lowest BCUT2D eigenvalue weighted by Crippen LogP contribution is -2.55. The Hall–Kier alpha value is -2.71. The van der Waals surface area contributed by atoms with Crippen LogP contribution in [0.15, 0.2) is 12.7 Å². The summed E-state index contributed by atoms with van der Waals surface area (Å²) in [5.74, 6) is -1.48. The third-order valence-electron chi connectivity index (χ3n) is 6.28. The highest BCUT2D eigenvalue weighted by molar-refractivity contribution is 6.38. The minimum atomic E-state index is -0.832. The Morgan fingerprint density at radius 2 is 1.66 bits per heavy atom. The molecule has 1 saturated carbocycles. The summed E-state index contributed by atoms with van der Waals surface area (Å²) in [5, 5.41) is 8.34. The quantitative estimate of drug-likeness (QED) is 0.184. The number of carbonyl (C=O) groups excluding carboxylic acids is 5. The third kappa shape index (κ3) is 11.5. The van der Waals surface area contributed by atoms with Gasteiger partial charge in [0.15, 0.2) is 5.78 Å². The van der Waals surface area contributed by atoms with E-state index in [1.165, 1.54) is 6.92 Å². The molecule has 0 aliphatic heterocycles. The van der Waals surface area contributed by atoms with Crippen LogP contribution in [0.4, 0.5) is 4.79 Å². The summed E-state index contributed by atoms with van der Waals surface area (Å²) in [4.78, 5) is 62.9. The van der Waals surface area contributed by atoms with E-state index in [0.717, 1.165) is 32.1 Å². The topological polar surface area (TPSA) is 125 Å². The second kappa shape index (κ2) is 16.1. The van der Waals surface area contributed by atoms with Crippen molar-refractivity contribution in [2.24, 2.45) is 5.92 Å². The minimum Gasteiger partial charge on any atom is -0.346 e. The molecule has 0 aromatic rings. The van der Waals surface area contributed by atoms with Crippen molar-refractivity contribution in [1.29, 1.82) is 0 Å². The number of allylic oxidation sites excluding steroid dienone is 1. The molecule has 35 heavy (non-hydrogen) atoms.